The van der Waals surface area contributed by atoms with Crippen molar-refractivity contribution in [2.45, 2.75) is 13.0 Å². The molecule has 0 spiro atoms. The average Bonchev–Trinajstić information content (AvgIpc) is 2.75. The van der Waals surface area contributed by atoms with E-state index in [1.165, 1.54) is 0 Å². The van der Waals surface area contributed by atoms with Crippen LogP contribution in [0.3, 0.4) is 0 Å². The first-order chi connectivity index (χ1) is 7.81. The number of benzene rings is 1. The summed E-state index contributed by atoms with van der Waals surface area (Å²) in [6.07, 6.45) is 2.86. The Morgan fingerprint density at radius 1 is 1.31 bits per heavy atom. The Bertz CT molecular complexity index is 467. The van der Waals surface area contributed by atoms with Gasteiger partial charge in [-0.15, -0.1) is 5.10 Å². The molecule has 0 fully saturated rings. The van der Waals surface area contributed by atoms with Crippen molar-refractivity contribution in [1.82, 2.24) is 15.0 Å². The molecule has 0 amide bonds. The van der Waals surface area contributed by atoms with Crippen LogP contribution in [0.4, 0.5) is 0 Å². The van der Waals surface area contributed by atoms with Gasteiger partial charge in [-0.2, -0.15) is 0 Å². The lowest BCUT2D eigenvalue weighted by Gasteiger charge is -1.98. The third-order valence-electron chi connectivity index (χ3n) is 2.28. The largest absolute Gasteiger partial charge is 0.330 e. The van der Waals surface area contributed by atoms with Crippen LogP contribution in [0.15, 0.2) is 34.9 Å². The summed E-state index contributed by atoms with van der Waals surface area (Å²) in [5.41, 5.74) is 7.39. The zero-order chi connectivity index (χ0) is 11.4. The molecule has 0 saturated heterocycles. The second-order valence-electron chi connectivity index (χ2n) is 3.49. The molecule has 4 nitrogen and oxygen atoms in total. The van der Waals surface area contributed by atoms with E-state index in [1.807, 2.05) is 35.1 Å². The first kappa shape index (κ1) is 11.3. The number of aryl methyl sites for hydroxylation is 1. The molecule has 1 aromatic carbocycles. The molecule has 0 aliphatic rings. The molecule has 0 saturated carbocycles. The summed E-state index contributed by atoms with van der Waals surface area (Å²) in [5.74, 6) is 0. The zero-order valence-electron chi connectivity index (χ0n) is 8.81. The molecule has 0 aliphatic heterocycles. The number of nitrogens with two attached hydrogens (primary N) is 1. The van der Waals surface area contributed by atoms with Crippen molar-refractivity contribution in [1.29, 1.82) is 0 Å². The molecule has 84 valence electrons. The molecular formula is C11H13BrN4. The van der Waals surface area contributed by atoms with Gasteiger partial charge in [0, 0.05) is 16.6 Å². The second-order valence-corrected chi connectivity index (χ2v) is 4.34. The molecule has 0 bridgehead atoms. The van der Waals surface area contributed by atoms with E-state index in [0.29, 0.717) is 6.54 Å². The van der Waals surface area contributed by atoms with Crippen LogP contribution >= 0.6 is 15.9 Å². The standard InChI is InChI=1S/C11H13BrN4/c12-10-5-2-1-4-9(10)11-8-16(15-14-11)7-3-6-13/h1-2,4-5,8H,3,6-7,13H2. The minimum Gasteiger partial charge on any atom is -0.330 e. The van der Waals surface area contributed by atoms with Gasteiger partial charge in [0.25, 0.3) is 0 Å². The maximum Gasteiger partial charge on any atom is 0.114 e. The SMILES string of the molecule is NCCCn1cc(-c2ccccc2Br)nn1. The van der Waals surface area contributed by atoms with E-state index in [4.69, 9.17) is 5.73 Å². The lowest BCUT2D eigenvalue weighted by Crippen LogP contribution is -2.06. The van der Waals surface area contributed by atoms with Crippen LogP contribution < -0.4 is 5.73 Å². The van der Waals surface area contributed by atoms with Crippen molar-refractivity contribution in [2.24, 2.45) is 5.73 Å². The van der Waals surface area contributed by atoms with Gasteiger partial charge in [-0.3, -0.25) is 4.68 Å². The van der Waals surface area contributed by atoms with Gasteiger partial charge in [-0.25, -0.2) is 0 Å². The Balaban J connectivity index is 2.22. The molecule has 1 heterocycles. The number of hydrogen-bond acceptors (Lipinski definition) is 3. The molecule has 5 heteroatoms. The molecule has 1 aromatic heterocycles. The first-order valence-electron chi connectivity index (χ1n) is 5.16. The minimum absolute atomic E-state index is 0.671. The van der Waals surface area contributed by atoms with Crippen LogP contribution in [-0.2, 0) is 6.54 Å². The van der Waals surface area contributed by atoms with Crippen molar-refractivity contribution in [3.05, 3.63) is 34.9 Å². The maximum atomic E-state index is 5.45. The van der Waals surface area contributed by atoms with Gasteiger partial charge in [-0.05, 0) is 19.0 Å². The second kappa shape index (κ2) is 5.23. The van der Waals surface area contributed by atoms with Gasteiger partial charge in [0.2, 0.25) is 0 Å². The summed E-state index contributed by atoms with van der Waals surface area (Å²) in [6, 6.07) is 7.97. The first-order valence-corrected chi connectivity index (χ1v) is 5.95. The van der Waals surface area contributed by atoms with Gasteiger partial charge < -0.3 is 5.73 Å². The normalized spacial score (nSPS) is 10.6. The minimum atomic E-state index is 0.671. The van der Waals surface area contributed by atoms with Crippen molar-refractivity contribution in [2.75, 3.05) is 6.54 Å². The summed E-state index contributed by atoms with van der Waals surface area (Å²) >= 11 is 3.50. The van der Waals surface area contributed by atoms with E-state index in [-0.39, 0.29) is 0 Å². The number of aromatic nitrogens is 3. The molecule has 0 aliphatic carbocycles. The van der Waals surface area contributed by atoms with Gasteiger partial charge in [0.1, 0.15) is 5.69 Å². The highest BCUT2D eigenvalue weighted by molar-refractivity contribution is 9.10. The van der Waals surface area contributed by atoms with Crippen LogP contribution in [0.5, 0.6) is 0 Å². The predicted octanol–water partition coefficient (Wildman–Crippen LogP) is 2.06. The van der Waals surface area contributed by atoms with E-state index in [9.17, 15) is 0 Å². The van der Waals surface area contributed by atoms with Gasteiger partial charge in [-0.1, -0.05) is 39.3 Å². The number of halogens is 1. The highest BCUT2D eigenvalue weighted by Crippen LogP contribution is 2.25. The van der Waals surface area contributed by atoms with Crippen LogP contribution in [0.25, 0.3) is 11.3 Å². The van der Waals surface area contributed by atoms with Crippen LogP contribution in [-0.4, -0.2) is 21.5 Å². The van der Waals surface area contributed by atoms with Crippen LogP contribution in [0.2, 0.25) is 0 Å². The Kier molecular flexibility index (Phi) is 3.69. The fourth-order valence-electron chi connectivity index (χ4n) is 1.45. The molecule has 2 N–H and O–H groups in total. The molecule has 0 radical (unpaired) electrons. The van der Waals surface area contributed by atoms with Crippen LogP contribution in [0.1, 0.15) is 6.42 Å². The molecule has 2 aromatic rings. The summed E-state index contributed by atoms with van der Waals surface area (Å²) in [4.78, 5) is 0. The summed E-state index contributed by atoms with van der Waals surface area (Å²) < 4.78 is 2.85. The Hall–Kier alpha value is -1.20. The summed E-state index contributed by atoms with van der Waals surface area (Å²) in [7, 11) is 0. The molecule has 2 rings (SSSR count). The number of rotatable bonds is 4. The van der Waals surface area contributed by atoms with Crippen molar-refractivity contribution in [3.63, 3.8) is 0 Å². The quantitative estimate of drug-likeness (QED) is 0.933. The predicted molar refractivity (Wildman–Crippen MR) is 66.8 cm³/mol. The Labute approximate surface area is 103 Å². The van der Waals surface area contributed by atoms with E-state index >= 15 is 0 Å². The third-order valence-corrected chi connectivity index (χ3v) is 2.97. The Morgan fingerprint density at radius 3 is 2.88 bits per heavy atom. The summed E-state index contributed by atoms with van der Waals surface area (Å²) in [5, 5.41) is 8.20. The molecule has 0 atom stereocenters. The van der Waals surface area contributed by atoms with Gasteiger partial charge in [0.05, 0.1) is 6.20 Å². The van der Waals surface area contributed by atoms with Crippen molar-refractivity contribution < 1.29 is 0 Å². The smallest absolute Gasteiger partial charge is 0.114 e. The van der Waals surface area contributed by atoms with Gasteiger partial charge in [0.15, 0.2) is 0 Å². The highest BCUT2D eigenvalue weighted by Gasteiger charge is 2.06. The maximum absolute atomic E-state index is 5.45. The van der Waals surface area contributed by atoms with E-state index in [0.717, 1.165) is 28.7 Å². The molecule has 0 unspecified atom stereocenters. The zero-order valence-corrected chi connectivity index (χ0v) is 10.4. The van der Waals surface area contributed by atoms with Gasteiger partial charge >= 0.3 is 0 Å². The number of nitrogens with zero attached hydrogens (tertiary/aromatic N) is 3. The molecule has 16 heavy (non-hydrogen) atoms. The Morgan fingerprint density at radius 2 is 2.12 bits per heavy atom. The highest BCUT2D eigenvalue weighted by atomic mass is 79.9. The van der Waals surface area contributed by atoms with E-state index in [2.05, 4.69) is 26.2 Å². The monoisotopic (exact) mass is 280 g/mol. The topological polar surface area (TPSA) is 56.7 Å². The average molecular weight is 281 g/mol. The fraction of sp³-hybridized carbons (Fsp3) is 0.273. The van der Waals surface area contributed by atoms with E-state index in [1.54, 1.807) is 0 Å². The lowest BCUT2D eigenvalue weighted by atomic mass is 10.2. The van der Waals surface area contributed by atoms with Crippen LogP contribution in [0, 0.1) is 0 Å². The fourth-order valence-corrected chi connectivity index (χ4v) is 1.94. The summed E-state index contributed by atoms with van der Waals surface area (Å²) in [6.45, 7) is 1.48. The van der Waals surface area contributed by atoms with Crippen molar-refractivity contribution in [3.8, 4) is 11.3 Å². The lowest BCUT2D eigenvalue weighted by molar-refractivity contribution is 0.564. The number of hydrogen-bond donors (Lipinski definition) is 1. The molecular weight excluding hydrogens is 268 g/mol. The van der Waals surface area contributed by atoms with E-state index < -0.39 is 0 Å². The van der Waals surface area contributed by atoms with Crippen molar-refractivity contribution >= 4 is 15.9 Å². The third kappa shape index (κ3) is 2.48.